The van der Waals surface area contributed by atoms with Gasteiger partial charge in [-0.15, -0.1) is 0 Å². The Hall–Kier alpha value is -2.20. The molecule has 1 aliphatic heterocycles. The predicted molar refractivity (Wildman–Crippen MR) is 84.7 cm³/mol. The highest BCUT2D eigenvalue weighted by molar-refractivity contribution is 5.94. The van der Waals surface area contributed by atoms with Crippen molar-refractivity contribution in [3.63, 3.8) is 0 Å². The lowest BCUT2D eigenvalue weighted by atomic mass is 9.74. The summed E-state index contributed by atoms with van der Waals surface area (Å²) in [6, 6.07) is 13.9. The number of benzene rings is 1. The van der Waals surface area contributed by atoms with Gasteiger partial charge in [0, 0.05) is 43.1 Å². The van der Waals surface area contributed by atoms with Gasteiger partial charge >= 0.3 is 0 Å². The maximum Gasteiger partial charge on any atom is 0.251 e. The van der Waals surface area contributed by atoms with Gasteiger partial charge < -0.3 is 10.1 Å². The molecule has 0 saturated carbocycles. The third-order valence-corrected chi connectivity index (χ3v) is 4.37. The lowest BCUT2D eigenvalue weighted by Crippen LogP contribution is -2.44. The number of hydrogen-bond acceptors (Lipinski definition) is 3. The Morgan fingerprint density at radius 3 is 2.45 bits per heavy atom. The van der Waals surface area contributed by atoms with E-state index in [2.05, 4.69) is 34.6 Å². The molecule has 0 radical (unpaired) electrons. The summed E-state index contributed by atoms with van der Waals surface area (Å²) in [5.41, 5.74) is 1.88. The van der Waals surface area contributed by atoms with Crippen LogP contribution in [0.4, 0.5) is 0 Å². The van der Waals surface area contributed by atoms with Crippen LogP contribution in [0.5, 0.6) is 0 Å². The molecule has 0 aliphatic carbocycles. The molecule has 1 fully saturated rings. The average molecular weight is 296 g/mol. The van der Waals surface area contributed by atoms with E-state index in [0.717, 1.165) is 26.1 Å². The number of hydrogen-bond donors (Lipinski definition) is 1. The first kappa shape index (κ1) is 14.7. The molecular formula is C18H20N2O2. The van der Waals surface area contributed by atoms with Crippen molar-refractivity contribution in [3.8, 4) is 0 Å². The van der Waals surface area contributed by atoms with E-state index in [1.807, 2.05) is 6.07 Å². The zero-order valence-corrected chi connectivity index (χ0v) is 12.5. The number of ether oxygens (including phenoxy) is 1. The molecule has 3 rings (SSSR count). The predicted octanol–water partition coefficient (Wildman–Crippen LogP) is 2.56. The van der Waals surface area contributed by atoms with Gasteiger partial charge in [-0.3, -0.25) is 9.78 Å². The largest absolute Gasteiger partial charge is 0.381 e. The fourth-order valence-electron chi connectivity index (χ4n) is 2.98. The summed E-state index contributed by atoms with van der Waals surface area (Å²) in [7, 11) is 0. The molecule has 0 spiro atoms. The highest BCUT2D eigenvalue weighted by atomic mass is 16.5. The number of nitrogens with one attached hydrogen (secondary N) is 1. The quantitative estimate of drug-likeness (QED) is 0.943. The van der Waals surface area contributed by atoms with E-state index in [9.17, 15) is 4.79 Å². The van der Waals surface area contributed by atoms with E-state index >= 15 is 0 Å². The monoisotopic (exact) mass is 296 g/mol. The van der Waals surface area contributed by atoms with Crippen LogP contribution in [0.1, 0.15) is 28.8 Å². The van der Waals surface area contributed by atoms with E-state index in [4.69, 9.17) is 4.74 Å². The summed E-state index contributed by atoms with van der Waals surface area (Å²) in [5.74, 6) is -0.0517. The molecule has 1 aromatic carbocycles. The maximum absolute atomic E-state index is 12.3. The lowest BCUT2D eigenvalue weighted by molar-refractivity contribution is 0.0487. The number of nitrogens with zero attached hydrogens (tertiary/aromatic N) is 1. The molecule has 4 heteroatoms. The van der Waals surface area contributed by atoms with E-state index in [0.29, 0.717) is 12.1 Å². The topological polar surface area (TPSA) is 51.2 Å². The van der Waals surface area contributed by atoms with Gasteiger partial charge in [0.05, 0.1) is 0 Å². The molecule has 0 atom stereocenters. The van der Waals surface area contributed by atoms with Gasteiger partial charge in [0.15, 0.2) is 0 Å². The van der Waals surface area contributed by atoms with E-state index in [1.54, 1.807) is 24.5 Å². The van der Waals surface area contributed by atoms with Gasteiger partial charge in [0.2, 0.25) is 0 Å². The van der Waals surface area contributed by atoms with Crippen molar-refractivity contribution in [2.75, 3.05) is 19.8 Å². The standard InChI is InChI=1S/C18H20N2O2/c21-17(15-6-10-19-11-7-15)20-14-18(8-12-22-13-9-18)16-4-2-1-3-5-16/h1-7,10-11H,8-9,12-14H2,(H,20,21). The third kappa shape index (κ3) is 3.17. The Bertz CT molecular complexity index is 607. The summed E-state index contributed by atoms with van der Waals surface area (Å²) >= 11 is 0. The van der Waals surface area contributed by atoms with Crippen LogP contribution < -0.4 is 5.32 Å². The van der Waals surface area contributed by atoms with Crippen LogP contribution in [-0.4, -0.2) is 30.6 Å². The van der Waals surface area contributed by atoms with Crippen LogP contribution in [-0.2, 0) is 10.2 Å². The number of rotatable bonds is 4. The van der Waals surface area contributed by atoms with E-state index in [-0.39, 0.29) is 11.3 Å². The van der Waals surface area contributed by atoms with Crippen molar-refractivity contribution in [1.82, 2.24) is 10.3 Å². The lowest BCUT2D eigenvalue weighted by Gasteiger charge is -2.38. The summed E-state index contributed by atoms with van der Waals surface area (Å²) < 4.78 is 5.52. The minimum atomic E-state index is -0.0517. The van der Waals surface area contributed by atoms with Crippen molar-refractivity contribution in [2.24, 2.45) is 0 Å². The Morgan fingerprint density at radius 2 is 1.77 bits per heavy atom. The molecule has 0 bridgehead atoms. The minimum absolute atomic E-state index is 0.0395. The second-order valence-electron chi connectivity index (χ2n) is 5.68. The summed E-state index contributed by atoms with van der Waals surface area (Å²) in [4.78, 5) is 16.2. The molecule has 0 unspecified atom stereocenters. The average Bonchev–Trinajstić information content (AvgIpc) is 2.62. The molecule has 2 aromatic rings. The van der Waals surface area contributed by atoms with Gasteiger partial charge in [-0.1, -0.05) is 30.3 Å². The zero-order chi connectivity index (χ0) is 15.3. The van der Waals surface area contributed by atoms with Gasteiger partial charge in [0.1, 0.15) is 0 Å². The van der Waals surface area contributed by atoms with Gasteiger partial charge in [-0.2, -0.15) is 0 Å². The first-order valence-electron chi connectivity index (χ1n) is 7.62. The molecule has 2 heterocycles. The second kappa shape index (κ2) is 6.71. The van der Waals surface area contributed by atoms with Crippen LogP contribution in [0.3, 0.4) is 0 Å². The third-order valence-electron chi connectivity index (χ3n) is 4.37. The van der Waals surface area contributed by atoms with E-state index in [1.165, 1.54) is 5.56 Å². The van der Waals surface area contributed by atoms with Crippen molar-refractivity contribution in [3.05, 3.63) is 66.0 Å². The molecule has 4 nitrogen and oxygen atoms in total. The number of amides is 1. The van der Waals surface area contributed by atoms with Crippen molar-refractivity contribution in [1.29, 1.82) is 0 Å². The molecule has 1 saturated heterocycles. The molecule has 1 amide bonds. The SMILES string of the molecule is O=C(NCC1(c2ccccc2)CCOCC1)c1ccncc1. The first-order valence-corrected chi connectivity index (χ1v) is 7.62. The second-order valence-corrected chi connectivity index (χ2v) is 5.68. The smallest absolute Gasteiger partial charge is 0.251 e. The van der Waals surface area contributed by atoms with Crippen molar-refractivity contribution >= 4 is 5.91 Å². The van der Waals surface area contributed by atoms with Gasteiger partial charge in [-0.25, -0.2) is 0 Å². The fourth-order valence-corrected chi connectivity index (χ4v) is 2.98. The molecule has 1 aromatic heterocycles. The minimum Gasteiger partial charge on any atom is -0.381 e. The summed E-state index contributed by atoms with van der Waals surface area (Å²) in [6.07, 6.45) is 5.12. The molecule has 114 valence electrons. The van der Waals surface area contributed by atoms with Gasteiger partial charge in [0.25, 0.3) is 5.91 Å². The van der Waals surface area contributed by atoms with Gasteiger partial charge in [-0.05, 0) is 30.5 Å². The molecule has 1 aliphatic rings. The van der Waals surface area contributed by atoms with Crippen molar-refractivity contribution in [2.45, 2.75) is 18.3 Å². The molecule has 22 heavy (non-hydrogen) atoms. The van der Waals surface area contributed by atoms with Crippen LogP contribution in [0, 0.1) is 0 Å². The Morgan fingerprint density at radius 1 is 1.09 bits per heavy atom. The Labute approximate surface area is 130 Å². The van der Waals surface area contributed by atoms with Crippen molar-refractivity contribution < 1.29 is 9.53 Å². The van der Waals surface area contributed by atoms with E-state index < -0.39 is 0 Å². The number of pyridine rings is 1. The normalized spacial score (nSPS) is 16.9. The fraction of sp³-hybridized carbons (Fsp3) is 0.333. The Balaban J connectivity index is 1.75. The summed E-state index contributed by atoms with van der Waals surface area (Å²) in [6.45, 7) is 2.10. The molecule has 1 N–H and O–H groups in total. The summed E-state index contributed by atoms with van der Waals surface area (Å²) in [5, 5.41) is 3.09. The van der Waals surface area contributed by atoms with Crippen LogP contribution in [0.25, 0.3) is 0 Å². The Kier molecular flexibility index (Phi) is 4.49. The van der Waals surface area contributed by atoms with Crippen LogP contribution in [0.2, 0.25) is 0 Å². The highest BCUT2D eigenvalue weighted by Gasteiger charge is 2.34. The van der Waals surface area contributed by atoms with Crippen LogP contribution >= 0.6 is 0 Å². The molecular weight excluding hydrogens is 276 g/mol. The first-order chi connectivity index (χ1) is 10.8. The maximum atomic E-state index is 12.3. The number of aromatic nitrogens is 1. The highest BCUT2D eigenvalue weighted by Crippen LogP contribution is 2.34. The number of carbonyl (C=O) groups excluding carboxylic acids is 1. The van der Waals surface area contributed by atoms with Crippen LogP contribution in [0.15, 0.2) is 54.9 Å². The number of carbonyl (C=O) groups is 1. The zero-order valence-electron chi connectivity index (χ0n) is 12.5.